The molecule has 0 radical (unpaired) electrons. The van der Waals surface area contributed by atoms with Crippen LogP contribution >= 0.6 is 0 Å². The molecule has 0 aliphatic rings. The maximum absolute atomic E-state index is 13.6. The number of hydrogen-bond acceptors (Lipinski definition) is 5. The van der Waals surface area contributed by atoms with Gasteiger partial charge in [-0.3, -0.25) is 14.6 Å². The fourth-order valence-electron chi connectivity index (χ4n) is 3.85. The summed E-state index contributed by atoms with van der Waals surface area (Å²) in [6.45, 7) is 7.72. The first-order valence-corrected chi connectivity index (χ1v) is 11.7. The van der Waals surface area contributed by atoms with Crippen LogP contribution in [-0.2, 0) is 17.9 Å². The SMILES string of the molecule is Cc1ccc(CN(Cc2ccc(F)cc2)C(=O)CN(C(=O)c2cnc3ccccc3n2)C(C)(C)C)o1. The molecule has 0 fully saturated rings. The van der Waals surface area contributed by atoms with Crippen LogP contribution in [0.5, 0.6) is 0 Å². The Morgan fingerprint density at radius 1 is 0.944 bits per heavy atom. The van der Waals surface area contributed by atoms with Gasteiger partial charge in [-0.1, -0.05) is 24.3 Å². The molecule has 4 rings (SSSR count). The number of para-hydroxylation sites is 2. The van der Waals surface area contributed by atoms with Gasteiger partial charge in [-0.2, -0.15) is 0 Å². The van der Waals surface area contributed by atoms with Crippen molar-refractivity contribution in [3.8, 4) is 0 Å². The van der Waals surface area contributed by atoms with E-state index in [1.807, 2.05) is 58.0 Å². The minimum atomic E-state index is -0.664. The van der Waals surface area contributed by atoms with Gasteiger partial charge in [-0.15, -0.1) is 0 Å². The van der Waals surface area contributed by atoms with E-state index in [-0.39, 0.29) is 43.0 Å². The molecule has 0 N–H and O–H groups in total. The predicted molar refractivity (Wildman–Crippen MR) is 134 cm³/mol. The van der Waals surface area contributed by atoms with Crippen molar-refractivity contribution >= 4 is 22.8 Å². The van der Waals surface area contributed by atoms with E-state index in [1.54, 1.807) is 23.1 Å². The number of benzene rings is 2. The van der Waals surface area contributed by atoms with Crippen molar-refractivity contribution in [1.29, 1.82) is 0 Å². The summed E-state index contributed by atoms with van der Waals surface area (Å²) in [6, 6.07) is 17.0. The van der Waals surface area contributed by atoms with E-state index in [0.29, 0.717) is 16.8 Å². The number of fused-ring (bicyclic) bond motifs is 1. The molecule has 2 aromatic heterocycles. The quantitative estimate of drug-likeness (QED) is 0.360. The van der Waals surface area contributed by atoms with Gasteiger partial charge in [0.2, 0.25) is 5.91 Å². The zero-order valence-electron chi connectivity index (χ0n) is 20.9. The van der Waals surface area contributed by atoms with E-state index in [9.17, 15) is 14.0 Å². The van der Waals surface area contributed by atoms with Crippen molar-refractivity contribution in [3.05, 3.63) is 95.5 Å². The van der Waals surface area contributed by atoms with Gasteiger partial charge in [0, 0.05) is 12.1 Å². The molecule has 0 spiro atoms. The van der Waals surface area contributed by atoms with Gasteiger partial charge >= 0.3 is 0 Å². The number of carbonyl (C=O) groups is 2. The largest absolute Gasteiger partial charge is 0.464 e. The van der Waals surface area contributed by atoms with Gasteiger partial charge < -0.3 is 14.2 Å². The molecule has 0 bridgehead atoms. The fourth-order valence-corrected chi connectivity index (χ4v) is 3.85. The topological polar surface area (TPSA) is 79.5 Å². The lowest BCUT2D eigenvalue weighted by atomic mass is 10.0. The third-order valence-electron chi connectivity index (χ3n) is 5.80. The molecule has 0 saturated carbocycles. The lowest BCUT2D eigenvalue weighted by Crippen LogP contribution is -2.51. The highest BCUT2D eigenvalue weighted by Crippen LogP contribution is 2.20. The van der Waals surface area contributed by atoms with Gasteiger partial charge in [0.15, 0.2) is 0 Å². The molecule has 2 aromatic carbocycles. The highest BCUT2D eigenvalue weighted by Gasteiger charge is 2.32. The van der Waals surface area contributed by atoms with Crippen molar-refractivity contribution in [2.24, 2.45) is 0 Å². The summed E-state index contributed by atoms with van der Waals surface area (Å²) in [7, 11) is 0. The second-order valence-electron chi connectivity index (χ2n) is 9.69. The van der Waals surface area contributed by atoms with Crippen molar-refractivity contribution in [3.63, 3.8) is 0 Å². The Morgan fingerprint density at radius 3 is 2.28 bits per heavy atom. The summed E-state index contributed by atoms with van der Waals surface area (Å²) >= 11 is 0. The van der Waals surface area contributed by atoms with E-state index in [4.69, 9.17) is 4.42 Å². The molecule has 7 nitrogen and oxygen atoms in total. The molecule has 8 heteroatoms. The number of halogens is 1. The van der Waals surface area contributed by atoms with Crippen LogP contribution in [0.3, 0.4) is 0 Å². The number of furan rings is 1. The monoisotopic (exact) mass is 488 g/mol. The normalized spacial score (nSPS) is 11.5. The first kappa shape index (κ1) is 25.0. The van der Waals surface area contributed by atoms with Crippen LogP contribution in [0.15, 0.2) is 71.3 Å². The minimum absolute atomic E-state index is 0.169. The average Bonchev–Trinajstić information content (AvgIpc) is 3.26. The number of carbonyl (C=O) groups excluding carboxylic acids is 2. The third kappa shape index (κ3) is 5.94. The van der Waals surface area contributed by atoms with Crippen molar-refractivity contribution < 1.29 is 18.4 Å². The highest BCUT2D eigenvalue weighted by atomic mass is 19.1. The molecular weight excluding hydrogens is 459 g/mol. The molecule has 0 atom stereocenters. The maximum Gasteiger partial charge on any atom is 0.274 e. The summed E-state index contributed by atoms with van der Waals surface area (Å²) in [4.78, 5) is 39.1. The first-order chi connectivity index (χ1) is 17.1. The Morgan fingerprint density at radius 2 is 1.64 bits per heavy atom. The summed E-state index contributed by atoms with van der Waals surface area (Å²) in [5.41, 5.74) is 1.56. The van der Waals surface area contributed by atoms with Crippen LogP contribution in [0.25, 0.3) is 11.0 Å². The van der Waals surface area contributed by atoms with E-state index in [2.05, 4.69) is 9.97 Å². The molecule has 0 aliphatic carbocycles. The zero-order chi connectivity index (χ0) is 25.9. The van der Waals surface area contributed by atoms with Crippen LogP contribution in [-0.4, -0.2) is 43.7 Å². The van der Waals surface area contributed by atoms with Crippen LogP contribution in [0, 0.1) is 12.7 Å². The smallest absolute Gasteiger partial charge is 0.274 e. The maximum atomic E-state index is 13.6. The molecule has 0 saturated heterocycles. The van der Waals surface area contributed by atoms with Crippen LogP contribution in [0.2, 0.25) is 0 Å². The average molecular weight is 489 g/mol. The van der Waals surface area contributed by atoms with Gasteiger partial charge in [0.05, 0.1) is 23.8 Å². The van der Waals surface area contributed by atoms with Crippen molar-refractivity contribution in [2.45, 2.75) is 46.3 Å². The zero-order valence-corrected chi connectivity index (χ0v) is 20.9. The number of aryl methyl sites for hydroxylation is 1. The second kappa shape index (κ2) is 10.3. The molecule has 0 aliphatic heterocycles. The van der Waals surface area contributed by atoms with Crippen LogP contribution in [0.1, 0.15) is 48.3 Å². The summed E-state index contributed by atoms with van der Waals surface area (Å²) in [6.07, 6.45) is 1.44. The van der Waals surface area contributed by atoms with E-state index in [1.165, 1.54) is 23.2 Å². The number of rotatable bonds is 7. The Labute approximate surface area is 209 Å². The number of nitrogens with zero attached hydrogens (tertiary/aromatic N) is 4. The molecule has 36 heavy (non-hydrogen) atoms. The highest BCUT2D eigenvalue weighted by molar-refractivity contribution is 5.96. The van der Waals surface area contributed by atoms with Crippen LogP contribution < -0.4 is 0 Å². The Hall–Kier alpha value is -4.07. The number of amides is 2. The lowest BCUT2D eigenvalue weighted by molar-refractivity contribution is -0.134. The van der Waals surface area contributed by atoms with E-state index in [0.717, 1.165) is 11.3 Å². The fraction of sp³-hybridized carbons (Fsp3) is 0.286. The molecular formula is C28H29FN4O3. The van der Waals surface area contributed by atoms with Gasteiger partial charge in [-0.25, -0.2) is 9.37 Å². The summed E-state index contributed by atoms with van der Waals surface area (Å²) in [5, 5.41) is 0. The molecule has 186 valence electrons. The van der Waals surface area contributed by atoms with Crippen molar-refractivity contribution in [1.82, 2.24) is 19.8 Å². The molecule has 0 unspecified atom stereocenters. The molecule has 2 amide bonds. The molecule has 2 heterocycles. The number of aromatic nitrogens is 2. The predicted octanol–water partition coefficient (Wildman–Crippen LogP) is 5.14. The first-order valence-electron chi connectivity index (χ1n) is 11.7. The van der Waals surface area contributed by atoms with E-state index < -0.39 is 5.54 Å². The standard InChI is InChI=1S/C28H29FN4O3/c1-19-9-14-22(36-19)17-32(16-20-10-12-21(29)13-11-20)26(34)18-33(28(2,3)4)27(35)25-15-30-23-7-5-6-8-24(23)31-25/h5-15H,16-18H2,1-4H3. The second-order valence-corrected chi connectivity index (χ2v) is 9.69. The minimum Gasteiger partial charge on any atom is -0.464 e. The Bertz CT molecular complexity index is 1380. The lowest BCUT2D eigenvalue weighted by Gasteiger charge is -2.36. The Kier molecular flexibility index (Phi) is 7.15. The summed E-state index contributed by atoms with van der Waals surface area (Å²) in [5.74, 6) is 0.354. The van der Waals surface area contributed by atoms with Crippen molar-refractivity contribution in [2.75, 3.05) is 6.54 Å². The summed E-state index contributed by atoms with van der Waals surface area (Å²) < 4.78 is 19.1. The van der Waals surface area contributed by atoms with Crippen LogP contribution in [0.4, 0.5) is 4.39 Å². The van der Waals surface area contributed by atoms with Gasteiger partial charge in [0.1, 0.15) is 29.6 Å². The number of hydrogen-bond donors (Lipinski definition) is 0. The van der Waals surface area contributed by atoms with Gasteiger partial charge in [0.25, 0.3) is 5.91 Å². The van der Waals surface area contributed by atoms with Gasteiger partial charge in [-0.05, 0) is 69.7 Å². The Balaban J connectivity index is 1.60. The molecule has 4 aromatic rings. The van der Waals surface area contributed by atoms with E-state index >= 15 is 0 Å². The third-order valence-corrected chi connectivity index (χ3v) is 5.80.